The zero-order chi connectivity index (χ0) is 13.7. The number of thiocarbonyl (C=S) groups is 1. The highest BCUT2D eigenvalue weighted by Gasteiger charge is 2.32. The fourth-order valence-electron chi connectivity index (χ4n) is 1.59. The third kappa shape index (κ3) is 3.13. The first kappa shape index (κ1) is 14.3. The predicted octanol–water partition coefficient (Wildman–Crippen LogP) is 1.70. The molecule has 1 N–H and O–H groups in total. The molecule has 1 rings (SSSR count). The lowest BCUT2D eigenvalue weighted by Gasteiger charge is -2.27. The van der Waals surface area contributed by atoms with E-state index >= 15 is 0 Å². The molecule has 0 radical (unpaired) electrons. The topological polar surface area (TPSA) is 49.4 Å². The largest absolute Gasteiger partial charge is 0.298 e. The summed E-state index contributed by atoms with van der Waals surface area (Å²) in [5.74, 6) is -0.872. The smallest absolute Gasteiger partial charge is 0.265 e. The number of nitrogens with zero attached hydrogens (tertiary/aromatic N) is 1. The molecule has 0 spiro atoms. The van der Waals surface area contributed by atoms with Crippen LogP contribution in [0.15, 0.2) is 36.5 Å². The molecule has 18 heavy (non-hydrogen) atoms. The zero-order valence-electron chi connectivity index (χ0n) is 10.4. The van der Waals surface area contributed by atoms with Gasteiger partial charge < -0.3 is 0 Å². The van der Waals surface area contributed by atoms with Crippen molar-refractivity contribution in [3.8, 4) is 0 Å². The Morgan fingerprint density at radius 2 is 2.17 bits per heavy atom. The van der Waals surface area contributed by atoms with Gasteiger partial charge in [0.1, 0.15) is 5.57 Å². The Bertz CT molecular complexity index is 452. The summed E-state index contributed by atoms with van der Waals surface area (Å²) in [4.78, 5) is 25.1. The molecule has 1 saturated heterocycles. The molecule has 0 aromatic carbocycles. The second kappa shape index (κ2) is 6.26. The summed E-state index contributed by atoms with van der Waals surface area (Å²) < 4.78 is 0. The van der Waals surface area contributed by atoms with E-state index in [-0.39, 0.29) is 17.2 Å². The van der Waals surface area contributed by atoms with Crippen molar-refractivity contribution in [3.05, 3.63) is 36.5 Å². The van der Waals surface area contributed by atoms with Crippen molar-refractivity contribution in [2.75, 3.05) is 6.54 Å². The number of carbonyl (C=O) groups excluding carboxylic acids is 2. The quantitative estimate of drug-likeness (QED) is 0.356. The van der Waals surface area contributed by atoms with Crippen LogP contribution in [0.5, 0.6) is 0 Å². The van der Waals surface area contributed by atoms with E-state index in [1.807, 2.05) is 6.92 Å². The van der Waals surface area contributed by atoms with Crippen LogP contribution < -0.4 is 5.32 Å². The average molecular weight is 264 g/mol. The summed E-state index contributed by atoms with van der Waals surface area (Å²) in [6.07, 6.45) is 4.74. The summed E-state index contributed by atoms with van der Waals surface area (Å²) in [6.45, 7) is 9.65. The van der Waals surface area contributed by atoms with Crippen molar-refractivity contribution >= 4 is 29.1 Å². The molecule has 96 valence electrons. The van der Waals surface area contributed by atoms with Crippen molar-refractivity contribution < 1.29 is 9.59 Å². The third-order valence-electron chi connectivity index (χ3n) is 2.42. The molecule has 0 bridgehead atoms. The Hall–Kier alpha value is -1.75. The minimum Gasteiger partial charge on any atom is -0.298 e. The van der Waals surface area contributed by atoms with Crippen molar-refractivity contribution in [3.63, 3.8) is 0 Å². The minimum atomic E-state index is -0.470. The van der Waals surface area contributed by atoms with Crippen LogP contribution in [-0.4, -0.2) is 28.4 Å². The van der Waals surface area contributed by atoms with Crippen LogP contribution in [0.25, 0.3) is 0 Å². The maximum absolute atomic E-state index is 12.1. The minimum absolute atomic E-state index is 0.0731. The second-order valence-electron chi connectivity index (χ2n) is 3.93. The number of rotatable bonds is 5. The Balaban J connectivity index is 3.00. The fourth-order valence-corrected chi connectivity index (χ4v) is 1.84. The Labute approximate surface area is 112 Å². The van der Waals surface area contributed by atoms with Gasteiger partial charge in [0.15, 0.2) is 5.11 Å². The van der Waals surface area contributed by atoms with Crippen molar-refractivity contribution in [1.82, 2.24) is 10.2 Å². The fraction of sp³-hybridized carbons (Fsp3) is 0.308. The summed E-state index contributed by atoms with van der Waals surface area (Å²) in [5.41, 5.74) is 0.825. The lowest BCUT2D eigenvalue weighted by molar-refractivity contribution is -0.128. The van der Waals surface area contributed by atoms with E-state index in [2.05, 4.69) is 18.5 Å². The number of amides is 2. The standard InChI is InChI=1S/C13H16N2O2S/c1-4-6-9(3)8-10-11(16)14-13(18)15(7-5-2)12(10)17/h5,8H,2-4,6-7H2,1H3,(H,14,16,18). The van der Waals surface area contributed by atoms with Gasteiger partial charge in [0.25, 0.3) is 11.8 Å². The van der Waals surface area contributed by atoms with Gasteiger partial charge in [-0.25, -0.2) is 0 Å². The van der Waals surface area contributed by atoms with Crippen LogP contribution in [0, 0.1) is 0 Å². The lowest BCUT2D eigenvalue weighted by Crippen LogP contribution is -2.53. The van der Waals surface area contributed by atoms with Crippen LogP contribution in [0.2, 0.25) is 0 Å². The number of hydrogen-bond acceptors (Lipinski definition) is 3. The molecule has 1 aliphatic heterocycles. The van der Waals surface area contributed by atoms with E-state index in [1.54, 1.807) is 6.08 Å². The average Bonchev–Trinajstić information content (AvgIpc) is 2.30. The number of nitrogens with one attached hydrogen (secondary N) is 1. The summed E-state index contributed by atoms with van der Waals surface area (Å²) in [7, 11) is 0. The van der Waals surface area contributed by atoms with E-state index in [9.17, 15) is 9.59 Å². The molecule has 0 aliphatic carbocycles. The van der Waals surface area contributed by atoms with Gasteiger partial charge >= 0.3 is 0 Å². The van der Waals surface area contributed by atoms with E-state index in [4.69, 9.17) is 12.2 Å². The summed E-state index contributed by atoms with van der Waals surface area (Å²) in [5, 5.41) is 2.60. The number of carbonyl (C=O) groups is 2. The highest BCUT2D eigenvalue weighted by Crippen LogP contribution is 2.14. The molecule has 1 heterocycles. The van der Waals surface area contributed by atoms with Gasteiger partial charge in [-0.3, -0.25) is 19.8 Å². The molecule has 2 amide bonds. The van der Waals surface area contributed by atoms with Gasteiger partial charge in [-0.15, -0.1) is 6.58 Å². The first-order valence-electron chi connectivity index (χ1n) is 5.68. The highest BCUT2D eigenvalue weighted by atomic mass is 32.1. The van der Waals surface area contributed by atoms with Crippen LogP contribution in [0.3, 0.4) is 0 Å². The van der Waals surface area contributed by atoms with Crippen molar-refractivity contribution in [2.24, 2.45) is 0 Å². The SMILES string of the molecule is C=CCN1C(=O)C(=CC(=C)CCC)C(=O)NC1=S. The molecule has 0 atom stereocenters. The zero-order valence-corrected chi connectivity index (χ0v) is 11.2. The first-order chi connectivity index (χ1) is 8.51. The lowest BCUT2D eigenvalue weighted by atomic mass is 10.1. The molecule has 0 aromatic rings. The Morgan fingerprint density at radius 1 is 1.50 bits per heavy atom. The first-order valence-corrected chi connectivity index (χ1v) is 6.09. The van der Waals surface area contributed by atoms with Gasteiger partial charge in [0.2, 0.25) is 0 Å². The molecule has 0 saturated carbocycles. The normalized spacial score (nSPS) is 17.9. The van der Waals surface area contributed by atoms with Gasteiger partial charge in [-0.1, -0.05) is 31.6 Å². The number of hydrogen-bond donors (Lipinski definition) is 1. The van der Waals surface area contributed by atoms with Crippen LogP contribution in [0.4, 0.5) is 0 Å². The third-order valence-corrected chi connectivity index (χ3v) is 2.74. The summed E-state index contributed by atoms with van der Waals surface area (Å²) >= 11 is 4.94. The van der Waals surface area contributed by atoms with E-state index in [0.717, 1.165) is 18.4 Å². The molecule has 4 nitrogen and oxygen atoms in total. The van der Waals surface area contributed by atoms with E-state index in [0.29, 0.717) is 0 Å². The summed E-state index contributed by atoms with van der Waals surface area (Å²) in [6, 6.07) is 0. The molecule has 0 unspecified atom stereocenters. The molecule has 0 aromatic heterocycles. The number of allylic oxidation sites excluding steroid dienone is 2. The van der Waals surface area contributed by atoms with Gasteiger partial charge in [0, 0.05) is 6.54 Å². The molecule has 5 heteroatoms. The molecular weight excluding hydrogens is 248 g/mol. The van der Waals surface area contributed by atoms with Crippen LogP contribution >= 0.6 is 12.2 Å². The van der Waals surface area contributed by atoms with Gasteiger partial charge in [0.05, 0.1) is 0 Å². The Kier molecular flexibility index (Phi) is 4.97. The molecular formula is C13H16N2O2S. The monoisotopic (exact) mass is 264 g/mol. The van der Waals surface area contributed by atoms with Gasteiger partial charge in [-0.05, 0) is 24.7 Å². The van der Waals surface area contributed by atoms with Crippen molar-refractivity contribution in [2.45, 2.75) is 19.8 Å². The molecule has 1 fully saturated rings. The predicted molar refractivity (Wildman–Crippen MR) is 74.8 cm³/mol. The van der Waals surface area contributed by atoms with Gasteiger partial charge in [-0.2, -0.15) is 0 Å². The van der Waals surface area contributed by atoms with Crippen LogP contribution in [0.1, 0.15) is 19.8 Å². The Morgan fingerprint density at radius 3 is 2.72 bits per heavy atom. The van der Waals surface area contributed by atoms with E-state index in [1.165, 1.54) is 11.0 Å². The maximum Gasteiger partial charge on any atom is 0.265 e. The highest BCUT2D eigenvalue weighted by molar-refractivity contribution is 7.80. The van der Waals surface area contributed by atoms with Crippen LogP contribution in [-0.2, 0) is 9.59 Å². The van der Waals surface area contributed by atoms with E-state index < -0.39 is 11.8 Å². The van der Waals surface area contributed by atoms with Crippen molar-refractivity contribution in [1.29, 1.82) is 0 Å². The molecule has 1 aliphatic rings. The second-order valence-corrected chi connectivity index (χ2v) is 4.32. The maximum atomic E-state index is 12.1.